The van der Waals surface area contributed by atoms with Gasteiger partial charge in [-0.1, -0.05) is 12.1 Å². The van der Waals surface area contributed by atoms with Gasteiger partial charge < -0.3 is 5.32 Å². The number of aromatic nitrogens is 4. The van der Waals surface area contributed by atoms with Crippen LogP contribution in [0.15, 0.2) is 47.9 Å². The van der Waals surface area contributed by atoms with Crippen LogP contribution in [0, 0.1) is 13.8 Å². The van der Waals surface area contributed by atoms with Gasteiger partial charge in [0.05, 0.1) is 10.6 Å². The van der Waals surface area contributed by atoms with Gasteiger partial charge in [0, 0.05) is 30.4 Å². The van der Waals surface area contributed by atoms with E-state index in [4.69, 9.17) is 0 Å². The zero-order valence-electron chi connectivity index (χ0n) is 16.4. The van der Waals surface area contributed by atoms with Crippen LogP contribution >= 0.6 is 0 Å². The molecule has 2 N–H and O–H groups in total. The van der Waals surface area contributed by atoms with Gasteiger partial charge in [0.25, 0.3) is 0 Å². The maximum absolute atomic E-state index is 12.4. The summed E-state index contributed by atoms with van der Waals surface area (Å²) in [5.41, 5.74) is 2.25. The third kappa shape index (κ3) is 4.84. The Morgan fingerprint density at radius 3 is 2.59 bits per heavy atom. The van der Waals surface area contributed by atoms with Crippen molar-refractivity contribution < 1.29 is 13.2 Å². The quantitative estimate of drug-likeness (QED) is 0.427. The van der Waals surface area contributed by atoms with Crippen molar-refractivity contribution in [3.8, 4) is 5.82 Å². The molecule has 0 atom stereocenters. The molecule has 1 aromatic carbocycles. The maximum Gasteiger partial charge on any atom is 0.240 e. The van der Waals surface area contributed by atoms with Gasteiger partial charge in [0.15, 0.2) is 5.78 Å². The summed E-state index contributed by atoms with van der Waals surface area (Å²) in [4.78, 5) is 24.2. The summed E-state index contributed by atoms with van der Waals surface area (Å²) in [5, 5.41) is 3.07. The molecule has 152 valence electrons. The lowest BCUT2D eigenvalue weighted by atomic mass is 10.2. The zero-order valence-corrected chi connectivity index (χ0v) is 17.2. The topological polar surface area (TPSA) is 119 Å². The van der Waals surface area contributed by atoms with E-state index >= 15 is 0 Å². The number of sulfonamides is 1. The summed E-state index contributed by atoms with van der Waals surface area (Å²) in [6, 6.07) is 7.71. The lowest BCUT2D eigenvalue weighted by molar-refractivity contribution is 0.101. The highest BCUT2D eigenvalue weighted by atomic mass is 32.2. The highest BCUT2D eigenvalue weighted by molar-refractivity contribution is 7.89. The van der Waals surface area contributed by atoms with E-state index in [0.717, 1.165) is 11.4 Å². The van der Waals surface area contributed by atoms with E-state index in [2.05, 4.69) is 25.0 Å². The second-order valence-electron chi connectivity index (χ2n) is 6.46. The highest BCUT2D eigenvalue weighted by Gasteiger charge is 2.14. The molecule has 0 saturated heterocycles. The van der Waals surface area contributed by atoms with Gasteiger partial charge in [-0.2, -0.15) is 0 Å². The van der Waals surface area contributed by atoms with E-state index in [1.165, 1.54) is 25.4 Å². The van der Waals surface area contributed by atoms with Gasteiger partial charge in [-0.05, 0) is 32.9 Å². The number of hydrogen-bond acceptors (Lipinski definition) is 7. The number of anilines is 1. The molecule has 0 bridgehead atoms. The number of benzene rings is 1. The van der Waals surface area contributed by atoms with Crippen LogP contribution in [0.3, 0.4) is 0 Å². The number of aryl methyl sites for hydroxylation is 1. The smallest absolute Gasteiger partial charge is 0.240 e. The first-order valence-electron chi connectivity index (χ1n) is 8.95. The van der Waals surface area contributed by atoms with Crippen molar-refractivity contribution in [3.05, 3.63) is 59.9 Å². The number of imidazole rings is 1. The molecule has 10 heteroatoms. The van der Waals surface area contributed by atoms with Crippen LogP contribution in [-0.2, 0) is 10.0 Å². The third-order valence-corrected chi connectivity index (χ3v) is 5.88. The predicted molar refractivity (Wildman–Crippen MR) is 109 cm³/mol. The number of hydrogen-bond donors (Lipinski definition) is 2. The zero-order chi connectivity index (χ0) is 21.0. The predicted octanol–water partition coefficient (Wildman–Crippen LogP) is 1.87. The van der Waals surface area contributed by atoms with Gasteiger partial charge in [-0.15, -0.1) is 0 Å². The van der Waals surface area contributed by atoms with Gasteiger partial charge in [-0.25, -0.2) is 28.1 Å². The monoisotopic (exact) mass is 414 g/mol. The number of nitrogens with zero attached hydrogens (tertiary/aromatic N) is 4. The van der Waals surface area contributed by atoms with Crippen LogP contribution in [0.25, 0.3) is 5.82 Å². The molecule has 29 heavy (non-hydrogen) atoms. The summed E-state index contributed by atoms with van der Waals surface area (Å²) >= 11 is 0. The van der Waals surface area contributed by atoms with Gasteiger partial charge >= 0.3 is 0 Å². The van der Waals surface area contributed by atoms with Gasteiger partial charge in [0.1, 0.15) is 24.3 Å². The highest BCUT2D eigenvalue weighted by Crippen LogP contribution is 2.14. The Balaban J connectivity index is 1.61. The first-order chi connectivity index (χ1) is 13.8. The van der Waals surface area contributed by atoms with Crippen molar-refractivity contribution in [2.24, 2.45) is 0 Å². The first-order valence-corrected chi connectivity index (χ1v) is 10.4. The molecule has 0 radical (unpaired) electrons. The molecule has 0 amide bonds. The Labute approximate surface area is 169 Å². The number of ketones is 1. The fourth-order valence-corrected chi connectivity index (χ4v) is 3.72. The first kappa shape index (κ1) is 20.6. The van der Waals surface area contributed by atoms with Crippen LogP contribution in [-0.4, -0.2) is 46.8 Å². The second kappa shape index (κ2) is 8.50. The molecule has 0 aliphatic rings. The Morgan fingerprint density at radius 2 is 1.90 bits per heavy atom. The number of Topliss-reactive ketones (excluding diaryl/α,β-unsaturated/α-hetero) is 1. The van der Waals surface area contributed by atoms with E-state index in [9.17, 15) is 13.2 Å². The molecule has 0 spiro atoms. The fraction of sp³-hybridized carbons (Fsp3) is 0.263. The van der Waals surface area contributed by atoms with Crippen LogP contribution in [0.4, 0.5) is 5.82 Å². The minimum atomic E-state index is -3.71. The summed E-state index contributed by atoms with van der Waals surface area (Å²) in [6.45, 7) is 5.74. The molecule has 0 fully saturated rings. The Morgan fingerprint density at radius 1 is 1.10 bits per heavy atom. The summed E-state index contributed by atoms with van der Waals surface area (Å²) in [6.07, 6.45) is 3.13. The van der Waals surface area contributed by atoms with E-state index < -0.39 is 10.0 Å². The molecule has 2 aromatic heterocycles. The van der Waals surface area contributed by atoms with Crippen molar-refractivity contribution in [2.45, 2.75) is 25.7 Å². The molecule has 3 aromatic rings. The number of nitrogens with one attached hydrogen (secondary N) is 2. The lowest BCUT2D eigenvalue weighted by Crippen LogP contribution is -2.29. The summed E-state index contributed by atoms with van der Waals surface area (Å²) in [5.74, 6) is 1.05. The summed E-state index contributed by atoms with van der Waals surface area (Å²) in [7, 11) is -3.71. The lowest BCUT2D eigenvalue weighted by Gasteiger charge is -2.10. The maximum atomic E-state index is 12.4. The molecule has 3 rings (SSSR count). The van der Waals surface area contributed by atoms with Crippen LogP contribution in [0.1, 0.15) is 28.7 Å². The Hall–Kier alpha value is -3.11. The fourth-order valence-electron chi connectivity index (χ4n) is 2.65. The van der Waals surface area contributed by atoms with Crippen LogP contribution < -0.4 is 10.0 Å². The molecule has 0 aliphatic carbocycles. The molecule has 2 heterocycles. The number of rotatable bonds is 8. The van der Waals surface area contributed by atoms with Gasteiger partial charge in [0.2, 0.25) is 10.0 Å². The normalized spacial score (nSPS) is 11.4. The van der Waals surface area contributed by atoms with Crippen molar-refractivity contribution >= 4 is 21.6 Å². The second-order valence-corrected chi connectivity index (χ2v) is 8.22. The van der Waals surface area contributed by atoms with Crippen molar-refractivity contribution in [2.75, 3.05) is 18.4 Å². The summed E-state index contributed by atoms with van der Waals surface area (Å²) < 4.78 is 29.2. The molecular weight excluding hydrogens is 392 g/mol. The number of carbonyl (C=O) groups is 1. The van der Waals surface area contributed by atoms with E-state index in [0.29, 0.717) is 23.7 Å². The number of carbonyl (C=O) groups excluding carboxylic acids is 1. The van der Waals surface area contributed by atoms with E-state index in [1.54, 1.807) is 24.5 Å². The average molecular weight is 414 g/mol. The molecule has 9 nitrogen and oxygen atoms in total. The van der Waals surface area contributed by atoms with Crippen LogP contribution in [0.5, 0.6) is 0 Å². The van der Waals surface area contributed by atoms with Gasteiger partial charge in [-0.3, -0.25) is 9.36 Å². The Kier molecular flexibility index (Phi) is 6.04. The van der Waals surface area contributed by atoms with Crippen molar-refractivity contribution in [1.82, 2.24) is 24.2 Å². The van der Waals surface area contributed by atoms with E-state index in [1.807, 2.05) is 18.4 Å². The standard InChI is InChI=1S/C19H22N6O3S/c1-13-14(2)25(12-23-13)19-10-18(21-11-22-19)20-7-8-24-29(27,28)17-6-4-5-16(9-17)15(3)26/h4-6,9-12,24H,7-8H2,1-3H3,(H,20,21,22). The largest absolute Gasteiger partial charge is 0.369 e. The third-order valence-electron chi connectivity index (χ3n) is 4.43. The molecule has 0 aliphatic heterocycles. The van der Waals surface area contributed by atoms with Crippen molar-refractivity contribution in [1.29, 1.82) is 0 Å². The van der Waals surface area contributed by atoms with Crippen LogP contribution in [0.2, 0.25) is 0 Å². The molecule has 0 unspecified atom stereocenters. The van der Waals surface area contributed by atoms with E-state index in [-0.39, 0.29) is 17.2 Å². The Bertz CT molecular complexity index is 1140. The van der Waals surface area contributed by atoms with Crippen molar-refractivity contribution in [3.63, 3.8) is 0 Å². The minimum absolute atomic E-state index is 0.0560. The average Bonchev–Trinajstić information content (AvgIpc) is 3.04. The minimum Gasteiger partial charge on any atom is -0.369 e. The SMILES string of the molecule is CC(=O)c1cccc(S(=O)(=O)NCCNc2cc(-n3cnc(C)c3C)ncn2)c1. The molecular formula is C19H22N6O3S. The molecule has 0 saturated carbocycles.